The fourth-order valence-electron chi connectivity index (χ4n) is 4.73. The zero-order valence-corrected chi connectivity index (χ0v) is 34.6. The van der Waals surface area contributed by atoms with Gasteiger partial charge in [-0.3, -0.25) is 45.9 Å². The van der Waals surface area contributed by atoms with E-state index >= 15 is 0 Å². The van der Waals surface area contributed by atoms with Gasteiger partial charge in [-0.2, -0.15) is 97.3 Å². The van der Waals surface area contributed by atoms with Crippen molar-refractivity contribution in [3.8, 4) is 0 Å². The second-order valence-corrected chi connectivity index (χ2v) is 18.9. The Labute approximate surface area is 346 Å². The van der Waals surface area contributed by atoms with Crippen LogP contribution in [0.1, 0.15) is 0 Å². The van der Waals surface area contributed by atoms with Gasteiger partial charge < -0.3 is 40.5 Å². The lowest BCUT2D eigenvalue weighted by Gasteiger charge is -2.63. The molecule has 0 amide bonds. The predicted octanol–water partition coefficient (Wildman–Crippen LogP) is -11.6. The van der Waals surface area contributed by atoms with E-state index < -0.39 is 156 Å². The van der Waals surface area contributed by atoms with Crippen molar-refractivity contribution in [2.45, 2.75) is 59.2 Å². The summed E-state index contributed by atoms with van der Waals surface area (Å²) in [6.45, 7) is -4.50. The number of rotatable bonds is 22. The van der Waals surface area contributed by atoms with Crippen LogP contribution in [-0.2, 0) is 136 Å². The van der Waals surface area contributed by atoms with E-state index in [2.05, 4.69) is 52.7 Å². The molecule has 51 heteroatoms. The van der Waals surface area contributed by atoms with Crippen LogP contribution in [0, 0.1) is 0 Å². The van der Waals surface area contributed by atoms with E-state index in [9.17, 15) is 140 Å². The summed E-state index contributed by atoms with van der Waals surface area (Å²) >= 11 is 0. The van der Waals surface area contributed by atoms with Gasteiger partial charge in [0.05, 0.1) is 6.61 Å². The van der Waals surface area contributed by atoms with E-state index in [0.29, 0.717) is 0 Å². The van der Waals surface area contributed by atoms with E-state index in [1.54, 1.807) is 0 Å². The smallest absolute Gasteiger partial charge is 0.394 e. The van der Waals surface area contributed by atoms with Gasteiger partial charge in [-0.1, -0.05) is 4.33 Å². The molecule has 2 aliphatic rings. The lowest BCUT2D eigenvalue weighted by molar-refractivity contribution is -0.678. The molecule has 0 aliphatic carbocycles. The van der Waals surface area contributed by atoms with Crippen molar-refractivity contribution in [1.29, 1.82) is 0 Å². The molecule has 0 saturated carbocycles. The number of aliphatic hydroxyl groups is 7. The van der Waals surface area contributed by atoms with E-state index in [1.807, 2.05) is 0 Å². The Bertz CT molecular complexity index is 2620. The Balaban J connectivity index is 4.05. The minimum Gasteiger partial charge on any atom is -0.394 e. The number of ether oxygens (including phenoxy) is 3. The van der Waals surface area contributed by atoms with Gasteiger partial charge in [0.1, 0.15) is 24.9 Å². The molecular formula is C12H22O43S8. The maximum absolute atomic E-state index is 12.5. The molecule has 2 heterocycles. The molecule has 15 N–H and O–H groups in total. The zero-order valence-electron chi connectivity index (χ0n) is 28.1. The molecule has 2 aliphatic heterocycles. The lowest BCUT2D eigenvalue weighted by Crippen LogP contribution is -2.95. The number of hydrogen-bond acceptors (Lipinski definition) is 35. The average molecular weight is 1110 g/mol. The summed E-state index contributed by atoms with van der Waals surface area (Å²) in [7, 11) is -61.1. The third kappa shape index (κ3) is 12.5. The monoisotopic (exact) mass is 1110 g/mol. The van der Waals surface area contributed by atoms with Crippen LogP contribution >= 0.6 is 0 Å². The highest BCUT2D eigenvalue weighted by molar-refractivity contribution is 7.82. The van der Waals surface area contributed by atoms with Crippen molar-refractivity contribution in [1.82, 2.24) is 0 Å². The summed E-state index contributed by atoms with van der Waals surface area (Å²) < 4.78 is 311. The fraction of sp³-hybridized carbons (Fsp3) is 1.00. The molecule has 2 fully saturated rings. The van der Waals surface area contributed by atoms with Gasteiger partial charge in [0.2, 0.25) is 5.79 Å². The SMILES string of the molecule is O=S(=O)(O)OO[C@]1(OS(=O)(=O)O)[C@@](OS(=O)(=O)O)(C(O)(OS(=O)(=O)O)OS(=O)(=O)O)O[C@](OC2(CO)O[C@H](CO)[C@@H](O)[C@@H]2O)(OS(=O)(=O)O)[C@@](O)(OS(=O)(=O)O)[C@]1(O)OS(=O)(=O)O. The molecule has 0 radical (unpaired) electrons. The topological polar surface area (TPSA) is 687 Å². The molecule has 9 atom stereocenters. The average Bonchev–Trinajstić information content (AvgIpc) is 3.20. The second kappa shape index (κ2) is 17.2. The molecule has 0 spiro atoms. The first-order valence-corrected chi connectivity index (χ1v) is 24.2. The molecule has 0 aromatic carbocycles. The van der Waals surface area contributed by atoms with Gasteiger partial charge >= 0.3 is 118 Å². The van der Waals surface area contributed by atoms with Crippen molar-refractivity contribution in [3.05, 3.63) is 0 Å². The summed E-state index contributed by atoms with van der Waals surface area (Å²) in [5, 5.41) is 75.9. The van der Waals surface area contributed by atoms with Crippen molar-refractivity contribution >= 4 is 83.2 Å². The Kier molecular flexibility index (Phi) is 15.8. The van der Waals surface area contributed by atoms with Crippen molar-refractivity contribution in [2.24, 2.45) is 0 Å². The van der Waals surface area contributed by atoms with Crippen LogP contribution in [-0.4, -0.2) is 212 Å². The molecule has 1 unspecified atom stereocenters. The minimum absolute atomic E-state index is 1.80. The Hall–Kier alpha value is -1.48. The fourth-order valence-corrected chi connectivity index (χ4v) is 8.41. The van der Waals surface area contributed by atoms with E-state index in [0.717, 1.165) is 0 Å². The van der Waals surface area contributed by atoms with Crippen LogP contribution in [0.15, 0.2) is 0 Å². The van der Waals surface area contributed by atoms with Crippen LogP contribution in [0.2, 0.25) is 0 Å². The lowest BCUT2D eigenvalue weighted by atomic mass is 9.82. The number of aliphatic hydroxyl groups excluding tert-OH is 4. The first-order chi connectivity index (χ1) is 27.4. The Morgan fingerprint density at radius 1 is 0.540 bits per heavy atom. The van der Waals surface area contributed by atoms with Crippen LogP contribution < -0.4 is 0 Å². The maximum atomic E-state index is 12.5. The summed E-state index contributed by atoms with van der Waals surface area (Å²) in [6.07, 6.45) is -9.36. The van der Waals surface area contributed by atoms with Crippen molar-refractivity contribution < 1.29 is 192 Å². The largest absolute Gasteiger partial charge is 0.424 e. The van der Waals surface area contributed by atoms with E-state index in [4.69, 9.17) is 0 Å². The van der Waals surface area contributed by atoms with Gasteiger partial charge in [0, 0.05) is 0 Å². The molecule has 2 rings (SSSR count). The summed E-state index contributed by atoms with van der Waals surface area (Å²) in [6, 6.07) is 0. The van der Waals surface area contributed by atoms with E-state index in [1.165, 1.54) is 0 Å². The molecule has 63 heavy (non-hydrogen) atoms. The Morgan fingerprint density at radius 2 is 0.937 bits per heavy atom. The summed E-state index contributed by atoms with van der Waals surface area (Å²) in [5.41, 5.74) is 0. The van der Waals surface area contributed by atoms with Gasteiger partial charge in [-0.25, -0.2) is 4.18 Å². The quantitative estimate of drug-likeness (QED) is 0.0207. The van der Waals surface area contributed by atoms with Crippen molar-refractivity contribution in [2.75, 3.05) is 13.2 Å². The summed E-state index contributed by atoms with van der Waals surface area (Å²) in [4.78, 5) is 3.35. The molecular weight excluding hydrogens is 1090 g/mol. The first-order valence-electron chi connectivity index (χ1n) is 13.3. The van der Waals surface area contributed by atoms with Gasteiger partial charge in [-0.15, -0.1) is 0 Å². The third-order valence-electron chi connectivity index (χ3n) is 6.45. The van der Waals surface area contributed by atoms with Crippen LogP contribution in [0.3, 0.4) is 0 Å². The highest BCUT2D eigenvalue weighted by Crippen LogP contribution is 2.64. The third-order valence-corrected chi connectivity index (χ3v) is 9.78. The molecule has 0 aromatic heterocycles. The predicted molar refractivity (Wildman–Crippen MR) is 161 cm³/mol. The molecule has 376 valence electrons. The van der Waals surface area contributed by atoms with Crippen molar-refractivity contribution in [3.63, 3.8) is 0 Å². The highest BCUT2D eigenvalue weighted by atomic mass is 32.3. The zero-order chi connectivity index (χ0) is 50.1. The Morgan fingerprint density at radius 3 is 1.25 bits per heavy atom. The van der Waals surface area contributed by atoms with Crippen LogP contribution in [0.4, 0.5) is 0 Å². The molecule has 43 nitrogen and oxygen atoms in total. The molecule has 0 aromatic rings. The van der Waals surface area contributed by atoms with Crippen LogP contribution in [0.5, 0.6) is 0 Å². The normalized spacial score (nSPS) is 34.6. The molecule has 2 saturated heterocycles. The minimum atomic E-state index is -7.89. The van der Waals surface area contributed by atoms with Gasteiger partial charge in [-0.05, 0) is 0 Å². The maximum Gasteiger partial charge on any atom is 0.424 e. The summed E-state index contributed by atoms with van der Waals surface area (Å²) in [5.74, 6) is -48.1. The number of hydrogen-bond donors (Lipinski definition) is 15. The van der Waals surface area contributed by atoms with Gasteiger partial charge in [0.25, 0.3) is 0 Å². The highest BCUT2D eigenvalue weighted by Gasteiger charge is 2.99. The van der Waals surface area contributed by atoms with Crippen LogP contribution in [0.25, 0.3) is 0 Å². The van der Waals surface area contributed by atoms with Gasteiger partial charge in [0.15, 0.2) is 0 Å². The van der Waals surface area contributed by atoms with E-state index in [-0.39, 0.29) is 0 Å². The first kappa shape index (κ1) is 57.6. The standard InChI is InChI=1S/C12H22O43S8/c13-1-3-4(15)5(16)6(2-14,44-3)45-12(54-62(38,39)40)8(18,49-57(23,24)25)7(17,48-56(20,21)22)9(50-58(26,27)28,47-55-63(41,42)43)10(46-12,51-59(29,30)31)11(19,52-60(32,33)34)53-61(35,36)37/h3-5,13-19H,1-2H2,(H,20,21,22)(H,23,24,25)(H,26,27,28)(H,29,30,31)(H,32,33,34)(H,35,36,37)(H,38,39,40)(H,41,42,43)/t3-,4-,5+,6?,7+,8+,9-,10-,12+/m1/s1. The second-order valence-electron chi connectivity index (χ2n) is 10.8. The molecule has 0 bridgehead atoms.